The van der Waals surface area contributed by atoms with E-state index in [0.29, 0.717) is 12.2 Å². The van der Waals surface area contributed by atoms with Crippen LogP contribution in [0.25, 0.3) is 0 Å². The van der Waals surface area contributed by atoms with E-state index in [-0.39, 0.29) is 5.69 Å². The molecule has 2 rings (SSSR count). The minimum absolute atomic E-state index is 0.235. The molecule has 0 aliphatic rings. The molecule has 0 amide bonds. The van der Waals surface area contributed by atoms with Crippen molar-refractivity contribution in [1.29, 1.82) is 0 Å². The Hall–Kier alpha value is -2.43. The van der Waals surface area contributed by atoms with Gasteiger partial charge in [-0.15, -0.1) is 0 Å². The number of hydrogen-bond donors (Lipinski definition) is 2. The topological polar surface area (TPSA) is 83.0 Å². The van der Waals surface area contributed by atoms with Gasteiger partial charge in [0.05, 0.1) is 0 Å². The summed E-state index contributed by atoms with van der Waals surface area (Å²) >= 11 is 0. The highest BCUT2D eigenvalue weighted by molar-refractivity contribution is 5.85. The van der Waals surface area contributed by atoms with Gasteiger partial charge in [-0.1, -0.05) is 29.8 Å². The maximum Gasteiger partial charge on any atom is 0.354 e. The van der Waals surface area contributed by atoms with Crippen molar-refractivity contribution in [3.05, 3.63) is 63.3 Å². The van der Waals surface area contributed by atoms with Crippen LogP contribution >= 0.6 is 0 Å². The number of carbonyl (C=O) groups is 1. The van der Waals surface area contributed by atoms with Crippen LogP contribution in [0.4, 0.5) is 0 Å². The number of aryl methyl sites for hydroxylation is 1. The third-order valence-corrected chi connectivity index (χ3v) is 2.46. The van der Waals surface area contributed by atoms with E-state index < -0.39 is 11.5 Å². The summed E-state index contributed by atoms with van der Waals surface area (Å²) in [7, 11) is 0. The lowest BCUT2D eigenvalue weighted by Crippen LogP contribution is -2.15. The van der Waals surface area contributed by atoms with Crippen molar-refractivity contribution < 1.29 is 9.90 Å². The molecule has 0 fully saturated rings. The molecule has 92 valence electrons. The standard InChI is InChI=1S/C13H12N2O3/c1-8-3-2-4-9(5-8)6-11-14-10(13(17)18)7-12(16)15-11/h2-5,7H,6H2,1H3,(H,17,18)(H,14,15,16). The molecule has 2 N–H and O–H groups in total. The lowest BCUT2D eigenvalue weighted by molar-refractivity contribution is 0.0689. The molecule has 0 saturated carbocycles. The van der Waals surface area contributed by atoms with E-state index in [1.165, 1.54) is 0 Å². The third kappa shape index (κ3) is 2.82. The van der Waals surface area contributed by atoms with Crippen molar-refractivity contribution in [2.24, 2.45) is 0 Å². The number of hydrogen-bond acceptors (Lipinski definition) is 3. The highest BCUT2D eigenvalue weighted by atomic mass is 16.4. The smallest absolute Gasteiger partial charge is 0.354 e. The highest BCUT2D eigenvalue weighted by Gasteiger charge is 2.08. The van der Waals surface area contributed by atoms with E-state index in [0.717, 1.165) is 17.2 Å². The van der Waals surface area contributed by atoms with Crippen molar-refractivity contribution in [2.75, 3.05) is 0 Å². The Morgan fingerprint density at radius 1 is 1.39 bits per heavy atom. The number of carboxylic acids is 1. The number of nitrogens with one attached hydrogen (secondary N) is 1. The number of aromatic carboxylic acids is 1. The molecule has 0 unspecified atom stereocenters. The van der Waals surface area contributed by atoms with E-state index in [1.807, 2.05) is 31.2 Å². The van der Waals surface area contributed by atoms with Gasteiger partial charge in [0.1, 0.15) is 5.82 Å². The maximum absolute atomic E-state index is 11.3. The first-order valence-corrected chi connectivity index (χ1v) is 5.43. The Balaban J connectivity index is 2.34. The normalized spacial score (nSPS) is 10.3. The summed E-state index contributed by atoms with van der Waals surface area (Å²) in [6.07, 6.45) is 0.401. The van der Waals surface area contributed by atoms with Gasteiger partial charge >= 0.3 is 5.97 Å². The highest BCUT2D eigenvalue weighted by Crippen LogP contribution is 2.07. The molecule has 5 heteroatoms. The molecular weight excluding hydrogens is 232 g/mol. The fourth-order valence-corrected chi connectivity index (χ4v) is 1.72. The van der Waals surface area contributed by atoms with E-state index in [9.17, 15) is 9.59 Å². The first-order chi connectivity index (χ1) is 8.54. The van der Waals surface area contributed by atoms with E-state index in [4.69, 9.17) is 5.11 Å². The lowest BCUT2D eigenvalue weighted by atomic mass is 10.1. The van der Waals surface area contributed by atoms with E-state index in [1.54, 1.807) is 0 Å². The zero-order valence-electron chi connectivity index (χ0n) is 9.80. The predicted octanol–water partition coefficient (Wildman–Crippen LogP) is 1.37. The molecule has 0 bridgehead atoms. The number of rotatable bonds is 3. The Morgan fingerprint density at radius 3 is 2.83 bits per heavy atom. The summed E-state index contributed by atoms with van der Waals surface area (Å²) in [5.41, 5.74) is 1.39. The number of carboxylic acid groups (broad SMARTS) is 1. The van der Waals surface area contributed by atoms with Crippen LogP contribution in [0, 0.1) is 6.92 Å². The molecule has 0 aliphatic heterocycles. The van der Waals surface area contributed by atoms with Gasteiger partial charge in [-0.2, -0.15) is 0 Å². The van der Waals surface area contributed by atoms with Crippen LogP contribution in [-0.2, 0) is 6.42 Å². The first-order valence-electron chi connectivity index (χ1n) is 5.43. The number of benzene rings is 1. The van der Waals surface area contributed by atoms with Gasteiger partial charge < -0.3 is 10.1 Å². The minimum atomic E-state index is -1.20. The van der Waals surface area contributed by atoms with Gasteiger partial charge in [0, 0.05) is 12.5 Å². The second-order valence-corrected chi connectivity index (χ2v) is 4.05. The molecule has 18 heavy (non-hydrogen) atoms. The molecule has 2 aromatic rings. The lowest BCUT2D eigenvalue weighted by Gasteiger charge is -2.03. The number of nitrogens with zero attached hydrogens (tertiary/aromatic N) is 1. The molecule has 0 saturated heterocycles. The van der Waals surface area contributed by atoms with Gasteiger partial charge in [-0.25, -0.2) is 9.78 Å². The predicted molar refractivity (Wildman–Crippen MR) is 65.8 cm³/mol. The largest absolute Gasteiger partial charge is 0.477 e. The van der Waals surface area contributed by atoms with Crippen LogP contribution in [0.15, 0.2) is 35.1 Å². The molecule has 1 aromatic heterocycles. The summed E-state index contributed by atoms with van der Waals surface area (Å²) in [6.45, 7) is 1.97. The van der Waals surface area contributed by atoms with Crippen LogP contribution in [-0.4, -0.2) is 21.0 Å². The molecule has 0 atom stereocenters. The maximum atomic E-state index is 11.3. The summed E-state index contributed by atoms with van der Waals surface area (Å²) < 4.78 is 0. The van der Waals surface area contributed by atoms with Gasteiger partial charge in [0.2, 0.25) is 0 Å². The number of aromatic nitrogens is 2. The molecule has 0 aliphatic carbocycles. The fourth-order valence-electron chi connectivity index (χ4n) is 1.72. The fraction of sp³-hybridized carbons (Fsp3) is 0.154. The summed E-state index contributed by atoms with van der Waals surface area (Å²) in [5, 5.41) is 8.83. The average molecular weight is 244 g/mol. The van der Waals surface area contributed by atoms with E-state index in [2.05, 4.69) is 9.97 Å². The quantitative estimate of drug-likeness (QED) is 0.854. The zero-order valence-corrected chi connectivity index (χ0v) is 9.80. The van der Waals surface area contributed by atoms with Crippen LogP contribution < -0.4 is 5.56 Å². The second kappa shape index (κ2) is 4.83. The SMILES string of the molecule is Cc1cccc(Cc2nc(C(=O)O)cc(=O)[nH]2)c1. The van der Waals surface area contributed by atoms with Crippen LogP contribution in [0.1, 0.15) is 27.4 Å². The van der Waals surface area contributed by atoms with Crippen molar-refractivity contribution in [2.45, 2.75) is 13.3 Å². The summed E-state index contributed by atoms with van der Waals surface area (Å²) in [5.74, 6) is -0.850. The minimum Gasteiger partial charge on any atom is -0.477 e. The van der Waals surface area contributed by atoms with Gasteiger partial charge in [0.15, 0.2) is 5.69 Å². The molecule has 0 radical (unpaired) electrons. The monoisotopic (exact) mass is 244 g/mol. The Kier molecular flexibility index (Phi) is 3.23. The first kappa shape index (κ1) is 12.0. The van der Waals surface area contributed by atoms with Crippen molar-refractivity contribution in [3.63, 3.8) is 0 Å². The van der Waals surface area contributed by atoms with Crippen molar-refractivity contribution in [1.82, 2.24) is 9.97 Å². The molecule has 1 heterocycles. The van der Waals surface area contributed by atoms with Gasteiger partial charge in [-0.3, -0.25) is 4.79 Å². The molecule has 1 aromatic carbocycles. The van der Waals surface area contributed by atoms with Crippen molar-refractivity contribution in [3.8, 4) is 0 Å². The zero-order chi connectivity index (χ0) is 13.1. The average Bonchev–Trinajstić information content (AvgIpc) is 2.28. The Labute approximate surface area is 103 Å². The van der Waals surface area contributed by atoms with Gasteiger partial charge in [0.25, 0.3) is 5.56 Å². The second-order valence-electron chi connectivity index (χ2n) is 4.05. The number of aromatic amines is 1. The van der Waals surface area contributed by atoms with Crippen LogP contribution in [0.5, 0.6) is 0 Å². The number of H-pyrrole nitrogens is 1. The molecular formula is C13H12N2O3. The van der Waals surface area contributed by atoms with E-state index >= 15 is 0 Å². The molecule has 5 nitrogen and oxygen atoms in total. The van der Waals surface area contributed by atoms with Crippen LogP contribution in [0.3, 0.4) is 0 Å². The summed E-state index contributed by atoms with van der Waals surface area (Å²) in [6, 6.07) is 8.72. The summed E-state index contributed by atoms with van der Waals surface area (Å²) in [4.78, 5) is 28.6. The van der Waals surface area contributed by atoms with Crippen molar-refractivity contribution >= 4 is 5.97 Å². The van der Waals surface area contributed by atoms with Crippen LogP contribution in [0.2, 0.25) is 0 Å². The third-order valence-electron chi connectivity index (χ3n) is 2.46. The molecule has 0 spiro atoms. The Morgan fingerprint density at radius 2 is 2.17 bits per heavy atom. The van der Waals surface area contributed by atoms with Gasteiger partial charge in [-0.05, 0) is 12.5 Å². The Bertz CT molecular complexity index is 647.